The number of hydrogen-bond donors (Lipinski definition) is 3. The molecule has 6 heteroatoms. The van der Waals surface area contributed by atoms with Gasteiger partial charge in [0.15, 0.2) is 5.78 Å². The van der Waals surface area contributed by atoms with E-state index in [1.807, 2.05) is 63.2 Å². The zero-order valence-corrected chi connectivity index (χ0v) is 22.5. The zero-order valence-electron chi connectivity index (χ0n) is 22.5. The van der Waals surface area contributed by atoms with Crippen LogP contribution in [0.15, 0.2) is 70.9 Å². The first-order valence-electron chi connectivity index (χ1n) is 13.3. The number of benzene rings is 2. The highest BCUT2D eigenvalue weighted by Crippen LogP contribution is 2.36. The number of aliphatic hydroxyl groups is 1. The first kappa shape index (κ1) is 28.3. The van der Waals surface area contributed by atoms with E-state index in [-0.39, 0.29) is 22.9 Å². The van der Waals surface area contributed by atoms with Crippen LogP contribution in [-0.4, -0.2) is 35.6 Å². The first-order chi connectivity index (χ1) is 17.7. The van der Waals surface area contributed by atoms with Crippen LogP contribution < -0.4 is 10.6 Å². The van der Waals surface area contributed by atoms with E-state index in [2.05, 4.69) is 22.8 Å². The maximum absolute atomic E-state index is 13.0. The van der Waals surface area contributed by atoms with Crippen LogP contribution in [0, 0.1) is 12.3 Å². The van der Waals surface area contributed by atoms with Gasteiger partial charge in [0.25, 0.3) is 0 Å². The Balaban J connectivity index is 1.49. The summed E-state index contributed by atoms with van der Waals surface area (Å²) in [5.41, 5.74) is 4.26. The van der Waals surface area contributed by atoms with Gasteiger partial charge in [-0.05, 0) is 42.7 Å². The predicted octanol–water partition coefficient (Wildman–Crippen LogP) is 5.60. The molecule has 0 fully saturated rings. The second kappa shape index (κ2) is 13.9. The highest BCUT2D eigenvalue weighted by atomic mass is 16.3. The highest BCUT2D eigenvalue weighted by molar-refractivity contribution is 6.23. The third kappa shape index (κ3) is 9.62. The summed E-state index contributed by atoms with van der Waals surface area (Å²) in [7, 11) is 0. The van der Waals surface area contributed by atoms with Crippen LogP contribution in [0.2, 0.25) is 0 Å². The van der Waals surface area contributed by atoms with Crippen molar-refractivity contribution in [2.75, 3.05) is 13.1 Å². The molecule has 0 spiro atoms. The largest absolute Gasteiger partial charge is 0.511 e. The molecular formula is C31H41N3O3. The molecule has 0 aromatic heterocycles. The van der Waals surface area contributed by atoms with Crippen LogP contribution in [0.5, 0.6) is 0 Å². The van der Waals surface area contributed by atoms with Gasteiger partial charge >= 0.3 is 0 Å². The van der Waals surface area contributed by atoms with Crippen molar-refractivity contribution in [1.82, 2.24) is 10.6 Å². The number of carbonyl (C=O) groups excluding carboxylic acids is 2. The molecule has 0 unspecified atom stereocenters. The average Bonchev–Trinajstić information content (AvgIpc) is 2.85. The molecule has 0 bridgehead atoms. The lowest BCUT2D eigenvalue weighted by Crippen LogP contribution is -2.31. The van der Waals surface area contributed by atoms with Gasteiger partial charge in [0.05, 0.1) is 12.1 Å². The summed E-state index contributed by atoms with van der Waals surface area (Å²) in [6, 6.07) is 18.3. The Morgan fingerprint density at radius 3 is 2.35 bits per heavy atom. The van der Waals surface area contributed by atoms with Crippen LogP contribution in [0.3, 0.4) is 0 Å². The second-order valence-electron chi connectivity index (χ2n) is 10.7. The summed E-state index contributed by atoms with van der Waals surface area (Å²) in [6.07, 6.45) is 3.27. The van der Waals surface area contributed by atoms with Crippen molar-refractivity contribution in [2.45, 2.75) is 72.4 Å². The summed E-state index contributed by atoms with van der Waals surface area (Å²) in [5.74, 6) is 0.124. The fourth-order valence-corrected chi connectivity index (χ4v) is 4.56. The lowest BCUT2D eigenvalue weighted by atomic mass is 9.75. The number of nitrogens with zero attached hydrogens (tertiary/aromatic N) is 1. The van der Waals surface area contributed by atoms with E-state index in [1.165, 1.54) is 11.1 Å². The molecule has 1 aliphatic carbocycles. The minimum Gasteiger partial charge on any atom is -0.511 e. The van der Waals surface area contributed by atoms with E-state index >= 15 is 0 Å². The molecule has 2 aromatic carbocycles. The van der Waals surface area contributed by atoms with E-state index in [0.717, 1.165) is 18.5 Å². The Kier molecular flexibility index (Phi) is 10.6. The maximum Gasteiger partial charge on any atom is 0.220 e. The number of Topliss-reactive ketones (excluding diaryl/α,β-unsaturated/α-hetero) is 1. The number of aryl methyl sites for hydroxylation is 1. The Morgan fingerprint density at radius 2 is 1.65 bits per heavy atom. The van der Waals surface area contributed by atoms with E-state index < -0.39 is 0 Å². The Hall–Kier alpha value is -3.25. The number of rotatable bonds is 13. The molecule has 0 aliphatic heterocycles. The van der Waals surface area contributed by atoms with Crippen LogP contribution in [0.25, 0.3) is 0 Å². The summed E-state index contributed by atoms with van der Waals surface area (Å²) >= 11 is 0. The van der Waals surface area contributed by atoms with Gasteiger partial charge in [0.2, 0.25) is 5.91 Å². The number of aliphatic imine (C=N–C) groups is 1. The van der Waals surface area contributed by atoms with Crippen molar-refractivity contribution in [1.29, 1.82) is 0 Å². The average molecular weight is 504 g/mol. The number of unbranched alkanes of at least 4 members (excludes halogenated alkanes) is 1. The number of amides is 1. The fraction of sp³-hybridized carbons (Fsp3) is 0.452. The minimum atomic E-state index is -0.249. The maximum atomic E-state index is 13.0. The van der Waals surface area contributed by atoms with Crippen molar-refractivity contribution in [2.24, 2.45) is 10.4 Å². The molecule has 3 N–H and O–H groups in total. The topological polar surface area (TPSA) is 90.8 Å². The predicted molar refractivity (Wildman–Crippen MR) is 150 cm³/mol. The SMILES string of the molecule is Cc1ccc(CN=C(CCCCC(=O)NCCNCc2ccccc2)C2=C(O)CC(C)(C)CC2=O)cc1. The van der Waals surface area contributed by atoms with Crippen LogP contribution >= 0.6 is 0 Å². The summed E-state index contributed by atoms with van der Waals surface area (Å²) in [5, 5.41) is 17.0. The van der Waals surface area contributed by atoms with E-state index in [4.69, 9.17) is 4.99 Å². The minimum absolute atomic E-state index is 0.0252. The van der Waals surface area contributed by atoms with Crippen molar-refractivity contribution >= 4 is 17.4 Å². The summed E-state index contributed by atoms with van der Waals surface area (Å²) < 4.78 is 0. The number of hydrogen-bond acceptors (Lipinski definition) is 5. The molecule has 0 radical (unpaired) electrons. The van der Waals surface area contributed by atoms with E-state index in [0.29, 0.717) is 63.0 Å². The number of nitrogens with one attached hydrogen (secondary N) is 2. The van der Waals surface area contributed by atoms with Crippen LogP contribution in [0.1, 0.15) is 69.1 Å². The van der Waals surface area contributed by atoms with Crippen molar-refractivity contribution in [3.8, 4) is 0 Å². The van der Waals surface area contributed by atoms with E-state index in [1.54, 1.807) is 0 Å². The van der Waals surface area contributed by atoms with Gasteiger partial charge in [-0.1, -0.05) is 74.0 Å². The molecule has 37 heavy (non-hydrogen) atoms. The molecule has 198 valence electrons. The first-order valence-corrected chi connectivity index (χ1v) is 13.3. The second-order valence-corrected chi connectivity index (χ2v) is 10.7. The number of allylic oxidation sites excluding steroid dienone is 2. The van der Waals surface area contributed by atoms with E-state index in [9.17, 15) is 14.7 Å². The molecule has 0 atom stereocenters. The van der Waals surface area contributed by atoms with Crippen molar-refractivity contribution in [3.05, 3.63) is 82.6 Å². The molecule has 1 aliphatic rings. The van der Waals surface area contributed by atoms with Gasteiger partial charge in [-0.25, -0.2) is 0 Å². The zero-order chi connectivity index (χ0) is 26.7. The monoisotopic (exact) mass is 503 g/mol. The van der Waals surface area contributed by atoms with Gasteiger partial charge in [0.1, 0.15) is 5.76 Å². The van der Waals surface area contributed by atoms with Gasteiger partial charge in [-0.2, -0.15) is 0 Å². The lowest BCUT2D eigenvalue weighted by molar-refractivity contribution is -0.121. The molecule has 1 amide bonds. The third-order valence-electron chi connectivity index (χ3n) is 6.58. The normalized spacial score (nSPS) is 15.6. The van der Waals surface area contributed by atoms with Crippen LogP contribution in [0.4, 0.5) is 0 Å². The van der Waals surface area contributed by atoms with Gasteiger partial charge < -0.3 is 15.7 Å². The summed E-state index contributed by atoms with van der Waals surface area (Å²) in [6.45, 7) is 8.57. The molecular weight excluding hydrogens is 462 g/mol. The lowest BCUT2D eigenvalue weighted by Gasteiger charge is -2.30. The number of carbonyl (C=O) groups is 2. The number of ketones is 1. The molecule has 2 aromatic rings. The Labute approximate surface area is 221 Å². The van der Waals surface area contributed by atoms with Gasteiger partial charge in [-0.3, -0.25) is 14.6 Å². The number of aliphatic hydroxyl groups excluding tert-OH is 1. The van der Waals surface area contributed by atoms with Crippen molar-refractivity contribution < 1.29 is 14.7 Å². The van der Waals surface area contributed by atoms with Gasteiger partial charge in [-0.15, -0.1) is 0 Å². The molecule has 0 saturated carbocycles. The molecule has 0 saturated heterocycles. The van der Waals surface area contributed by atoms with Crippen LogP contribution in [-0.2, 0) is 22.7 Å². The smallest absolute Gasteiger partial charge is 0.220 e. The van der Waals surface area contributed by atoms with Crippen molar-refractivity contribution in [3.63, 3.8) is 0 Å². The Morgan fingerprint density at radius 1 is 0.946 bits per heavy atom. The highest BCUT2D eigenvalue weighted by Gasteiger charge is 2.34. The third-order valence-corrected chi connectivity index (χ3v) is 6.58. The standard InChI is InChI=1S/C31H41N3O3/c1-23-13-15-25(16-14-23)22-34-26(30-27(35)19-31(2,3)20-28(30)36)11-7-8-12-29(37)33-18-17-32-21-24-9-5-4-6-10-24/h4-6,9-10,13-16,32,35H,7-8,11-12,17-22H2,1-3H3,(H,33,37). The summed E-state index contributed by atoms with van der Waals surface area (Å²) in [4.78, 5) is 30.0. The van der Waals surface area contributed by atoms with Gasteiger partial charge in [0, 0.05) is 44.6 Å². The quantitative estimate of drug-likeness (QED) is 0.245. The molecule has 3 rings (SSSR count). The molecule has 0 heterocycles. The fourth-order valence-electron chi connectivity index (χ4n) is 4.56. The molecule has 6 nitrogen and oxygen atoms in total. The Bertz CT molecular complexity index is 1100.